The molecule has 206 valence electrons. The number of hydrogen-bond acceptors (Lipinski definition) is 3. The molecule has 6 aromatic carbocycles. The number of nitrogens with zero attached hydrogens (tertiary/aromatic N) is 3. The summed E-state index contributed by atoms with van der Waals surface area (Å²) in [6.45, 7) is 0. The van der Waals surface area contributed by atoms with Crippen LogP contribution < -0.4 is 0 Å². The molecule has 0 saturated heterocycles. The largest absolute Gasteiger partial charge is 0.309 e. The van der Waals surface area contributed by atoms with Crippen LogP contribution in [0.1, 0.15) is 0 Å². The van der Waals surface area contributed by atoms with Crippen LogP contribution in [0.4, 0.5) is 0 Å². The van der Waals surface area contributed by atoms with Crippen molar-refractivity contribution < 1.29 is 0 Å². The van der Waals surface area contributed by atoms with Crippen LogP contribution in [0, 0.1) is 0 Å². The van der Waals surface area contributed by atoms with Gasteiger partial charge in [-0.25, -0.2) is 9.97 Å². The van der Waals surface area contributed by atoms with Crippen LogP contribution >= 0.6 is 11.3 Å². The van der Waals surface area contributed by atoms with Gasteiger partial charge in [-0.1, -0.05) is 115 Å². The Morgan fingerprint density at radius 3 is 1.59 bits per heavy atom. The molecule has 9 rings (SSSR count). The number of aromatic nitrogens is 3. The number of benzene rings is 6. The maximum atomic E-state index is 5.21. The third-order valence-electron chi connectivity index (χ3n) is 8.43. The van der Waals surface area contributed by atoms with E-state index in [0.717, 1.165) is 33.9 Å². The van der Waals surface area contributed by atoms with Crippen molar-refractivity contribution in [1.82, 2.24) is 14.5 Å². The molecule has 44 heavy (non-hydrogen) atoms. The molecule has 4 heteroatoms. The normalized spacial score (nSPS) is 11.6. The monoisotopic (exact) mass is 579 g/mol. The van der Waals surface area contributed by atoms with Crippen LogP contribution in [-0.2, 0) is 0 Å². The summed E-state index contributed by atoms with van der Waals surface area (Å²) in [5.41, 5.74) is 8.57. The molecule has 3 aromatic heterocycles. The van der Waals surface area contributed by atoms with Crippen LogP contribution in [-0.4, -0.2) is 14.5 Å². The van der Waals surface area contributed by atoms with E-state index in [4.69, 9.17) is 9.97 Å². The van der Waals surface area contributed by atoms with Gasteiger partial charge in [-0.3, -0.25) is 0 Å². The Morgan fingerprint density at radius 1 is 0.455 bits per heavy atom. The van der Waals surface area contributed by atoms with Crippen molar-refractivity contribution in [3.8, 4) is 39.6 Å². The van der Waals surface area contributed by atoms with Crippen molar-refractivity contribution in [2.24, 2.45) is 0 Å². The topological polar surface area (TPSA) is 30.7 Å². The summed E-state index contributed by atoms with van der Waals surface area (Å²) in [7, 11) is 0. The van der Waals surface area contributed by atoms with Crippen molar-refractivity contribution in [3.63, 3.8) is 0 Å². The van der Waals surface area contributed by atoms with Crippen LogP contribution in [0.2, 0.25) is 0 Å². The number of para-hydroxylation sites is 2. The van der Waals surface area contributed by atoms with Gasteiger partial charge < -0.3 is 4.57 Å². The van der Waals surface area contributed by atoms with Crippen molar-refractivity contribution in [1.29, 1.82) is 0 Å². The minimum atomic E-state index is 0.729. The molecule has 0 aliphatic carbocycles. The second-order valence-corrected chi connectivity index (χ2v) is 12.1. The molecule has 0 aliphatic rings. The maximum absolute atomic E-state index is 5.21. The third-order valence-corrected chi connectivity index (χ3v) is 9.55. The second-order valence-electron chi connectivity index (χ2n) is 11.0. The number of hydrogen-bond donors (Lipinski definition) is 0. The highest BCUT2D eigenvalue weighted by Crippen LogP contribution is 2.44. The Bertz CT molecular complexity index is 2380. The van der Waals surface area contributed by atoms with E-state index >= 15 is 0 Å². The fourth-order valence-corrected chi connectivity index (χ4v) is 7.64. The first-order valence-corrected chi connectivity index (χ1v) is 15.6. The van der Waals surface area contributed by atoms with Gasteiger partial charge in [0, 0.05) is 47.6 Å². The predicted molar refractivity (Wildman–Crippen MR) is 186 cm³/mol. The molecular weight excluding hydrogens is 555 g/mol. The van der Waals surface area contributed by atoms with Gasteiger partial charge in [-0.2, -0.15) is 0 Å². The zero-order valence-electron chi connectivity index (χ0n) is 23.7. The van der Waals surface area contributed by atoms with E-state index in [2.05, 4.69) is 144 Å². The molecule has 0 saturated carbocycles. The standard InChI is InChI=1S/C40H25N3S/c1-3-13-26(14-4-1)31-25-32(27-15-5-2-6-16-27)42-40(41-31)30-19-11-23-36-38(30)39-35(22-12-24-37(39)44-36)43-33-20-9-7-17-28(33)29-18-8-10-21-34(29)43/h1-25H. The first kappa shape index (κ1) is 25.0. The zero-order valence-corrected chi connectivity index (χ0v) is 24.5. The molecule has 0 atom stereocenters. The number of thiophene rings is 1. The average Bonchev–Trinajstić information content (AvgIpc) is 3.65. The van der Waals surface area contributed by atoms with Crippen molar-refractivity contribution in [2.75, 3.05) is 0 Å². The summed E-state index contributed by atoms with van der Waals surface area (Å²) < 4.78 is 4.89. The molecule has 3 heterocycles. The van der Waals surface area contributed by atoms with Gasteiger partial charge >= 0.3 is 0 Å². The van der Waals surface area contributed by atoms with Crippen LogP contribution in [0.3, 0.4) is 0 Å². The lowest BCUT2D eigenvalue weighted by atomic mass is 10.0. The molecule has 0 bridgehead atoms. The van der Waals surface area contributed by atoms with Gasteiger partial charge in [-0.15, -0.1) is 11.3 Å². The van der Waals surface area contributed by atoms with Gasteiger partial charge in [0.1, 0.15) is 0 Å². The zero-order chi connectivity index (χ0) is 29.0. The molecule has 3 nitrogen and oxygen atoms in total. The molecule has 0 amide bonds. The van der Waals surface area contributed by atoms with Crippen LogP contribution in [0.25, 0.3) is 81.6 Å². The summed E-state index contributed by atoms with van der Waals surface area (Å²) in [6, 6.07) is 53.5. The quantitative estimate of drug-likeness (QED) is 0.208. The summed E-state index contributed by atoms with van der Waals surface area (Å²) >= 11 is 1.83. The van der Waals surface area contributed by atoms with Gasteiger partial charge in [0.15, 0.2) is 5.82 Å². The Labute approximate surface area is 258 Å². The average molecular weight is 580 g/mol. The van der Waals surface area contributed by atoms with E-state index < -0.39 is 0 Å². The van der Waals surface area contributed by atoms with Crippen LogP contribution in [0.5, 0.6) is 0 Å². The molecule has 0 fully saturated rings. The number of rotatable bonds is 4. The molecule has 0 spiro atoms. The van der Waals surface area contributed by atoms with E-state index in [1.807, 2.05) is 23.5 Å². The number of fused-ring (bicyclic) bond motifs is 6. The molecule has 9 aromatic rings. The molecule has 0 unspecified atom stereocenters. The maximum Gasteiger partial charge on any atom is 0.161 e. The Hall–Kier alpha value is -5.58. The first-order chi connectivity index (χ1) is 21.8. The van der Waals surface area contributed by atoms with Crippen molar-refractivity contribution in [2.45, 2.75) is 0 Å². The molecular formula is C40H25N3S. The fourth-order valence-electron chi connectivity index (χ4n) is 6.48. The lowest BCUT2D eigenvalue weighted by Crippen LogP contribution is -1.97. The Balaban J connectivity index is 1.37. The third kappa shape index (κ3) is 3.89. The molecule has 0 radical (unpaired) electrons. The molecule has 0 N–H and O–H groups in total. The highest BCUT2D eigenvalue weighted by Gasteiger charge is 2.20. The van der Waals surface area contributed by atoms with Gasteiger partial charge in [-0.05, 0) is 36.4 Å². The highest BCUT2D eigenvalue weighted by atomic mass is 32.1. The van der Waals surface area contributed by atoms with E-state index in [-0.39, 0.29) is 0 Å². The summed E-state index contributed by atoms with van der Waals surface area (Å²) in [5.74, 6) is 0.729. The minimum absolute atomic E-state index is 0.729. The van der Waals surface area contributed by atoms with E-state index in [0.29, 0.717) is 0 Å². The lowest BCUT2D eigenvalue weighted by molar-refractivity contribution is 1.19. The molecule has 0 aliphatic heterocycles. The Kier molecular flexibility index (Phi) is 5.68. The van der Waals surface area contributed by atoms with Gasteiger partial charge in [0.05, 0.1) is 28.1 Å². The highest BCUT2D eigenvalue weighted by molar-refractivity contribution is 7.26. The first-order valence-electron chi connectivity index (χ1n) is 14.8. The smallest absolute Gasteiger partial charge is 0.161 e. The van der Waals surface area contributed by atoms with Gasteiger partial charge in [0.2, 0.25) is 0 Å². The lowest BCUT2D eigenvalue weighted by Gasteiger charge is -2.13. The fraction of sp³-hybridized carbons (Fsp3) is 0. The SMILES string of the molecule is c1ccc(-c2cc(-c3ccccc3)nc(-c3cccc4sc5cccc(-n6c7ccccc7c7ccccc76)c5c34)n2)cc1. The second kappa shape index (κ2) is 10.0. The summed E-state index contributed by atoms with van der Waals surface area (Å²) in [6.07, 6.45) is 0. The van der Waals surface area contributed by atoms with Crippen molar-refractivity contribution in [3.05, 3.63) is 152 Å². The summed E-state index contributed by atoms with van der Waals surface area (Å²) in [4.78, 5) is 10.4. The van der Waals surface area contributed by atoms with Crippen LogP contribution in [0.15, 0.2) is 152 Å². The van der Waals surface area contributed by atoms with E-state index in [1.54, 1.807) is 0 Å². The van der Waals surface area contributed by atoms with Gasteiger partial charge in [0.25, 0.3) is 0 Å². The van der Waals surface area contributed by atoms with Crippen molar-refractivity contribution >= 4 is 53.3 Å². The predicted octanol–water partition coefficient (Wildman–Crippen LogP) is 10.9. The Morgan fingerprint density at radius 2 is 0.977 bits per heavy atom. The summed E-state index contributed by atoms with van der Waals surface area (Å²) in [5, 5.41) is 4.93. The van der Waals surface area contributed by atoms with E-state index in [1.165, 1.54) is 47.7 Å². The minimum Gasteiger partial charge on any atom is -0.309 e. The van der Waals surface area contributed by atoms with E-state index in [9.17, 15) is 0 Å².